The van der Waals surface area contributed by atoms with E-state index >= 15 is 0 Å². The number of para-hydroxylation sites is 2. The summed E-state index contributed by atoms with van der Waals surface area (Å²) in [7, 11) is -5.10. The fraction of sp³-hybridized carbons (Fsp3) is 0. The number of hydrogen-bond acceptors (Lipinski definition) is 4. The molecule has 6 heteroatoms. The van der Waals surface area contributed by atoms with Gasteiger partial charge in [-0.2, -0.15) is 0 Å². The molecule has 4 heterocycles. The molecule has 3 nitrogen and oxygen atoms in total. The monoisotopic (exact) mass is 897 g/mol. The summed E-state index contributed by atoms with van der Waals surface area (Å²) in [5, 5.41) is 10.2. The van der Waals surface area contributed by atoms with Gasteiger partial charge < -0.3 is 13.7 Å². The van der Waals surface area contributed by atoms with Gasteiger partial charge in [0.05, 0.1) is 0 Å². The molecule has 14 rings (SSSR count). The number of rotatable bonds is 5. The predicted molar refractivity (Wildman–Crippen MR) is 277 cm³/mol. The Labute approximate surface area is 388 Å². The summed E-state index contributed by atoms with van der Waals surface area (Å²) in [6.45, 7) is 0. The Kier molecular flexibility index (Phi) is 8.32. The predicted octanol–water partition coefficient (Wildman–Crippen LogP) is 14.5. The average Bonchev–Trinajstić information content (AvgIpc) is 3.95. The van der Waals surface area contributed by atoms with Gasteiger partial charge in [0.2, 0.25) is 0 Å². The second kappa shape index (κ2) is 14.5. The quantitative estimate of drug-likeness (QED) is 0.161. The Bertz CT molecular complexity index is 3700. The van der Waals surface area contributed by atoms with Crippen molar-refractivity contribution in [3.8, 4) is 0 Å². The van der Waals surface area contributed by atoms with Crippen LogP contribution in [0.25, 0.3) is 43.9 Å². The van der Waals surface area contributed by atoms with E-state index in [4.69, 9.17) is 8.83 Å². The molecule has 0 N–H and O–H groups in total. The van der Waals surface area contributed by atoms with Crippen molar-refractivity contribution in [1.29, 1.82) is 0 Å². The van der Waals surface area contributed by atoms with E-state index in [2.05, 4.69) is 229 Å². The lowest BCUT2D eigenvalue weighted by molar-refractivity contribution is 0.669. The lowest BCUT2D eigenvalue weighted by Gasteiger charge is -2.54. The molecule has 312 valence electrons. The molecule has 0 bridgehead atoms. The minimum Gasteiger partial charge on any atom is -0.456 e. The van der Waals surface area contributed by atoms with Crippen LogP contribution in [0.1, 0.15) is 0 Å². The van der Waals surface area contributed by atoms with Gasteiger partial charge in [-0.15, -0.1) is 10.0 Å². The lowest BCUT2D eigenvalue weighted by Crippen LogP contribution is -2.78. The molecule has 0 saturated carbocycles. The SMILES string of the molecule is c1ccc(S2(c3ccccc3)c3ccccc3[Si]3(c4ccccc4Sc4ccccc43)c3ccc(N(c4ccc5c(c4)oc4ccccc45)c4ccc5c(c4)oc4ccccc45)cc32)cc1. The third-order valence-corrected chi connectivity index (χ3v) is 24.6. The topological polar surface area (TPSA) is 29.5 Å². The molecule has 2 aliphatic heterocycles. The number of hydrogen-bond donors (Lipinski definition) is 0. The standard InChI is InChI=1S/C60H39NO2S2Si/c1-3-17-43(18-4-1)65(44-19-5-2-6-20-44)55-27-13-16-30-59(55)66(57-28-14-11-25-53(57)64-54-26-12-15-29-58(54)66)60-36-33-42(39-56(60)65)61(40-31-34-47-45-21-7-9-23-49(45)62-51(47)37-40)41-32-35-48-46-22-8-10-24-50(46)63-52(48)38-41/h1-39H. The molecule has 12 aromatic rings. The summed E-state index contributed by atoms with van der Waals surface area (Å²) in [5.74, 6) is 0. The molecule has 0 amide bonds. The smallest absolute Gasteiger partial charge is 0.184 e. The van der Waals surface area contributed by atoms with Crippen LogP contribution in [0.2, 0.25) is 0 Å². The van der Waals surface area contributed by atoms with Crippen molar-refractivity contribution in [2.24, 2.45) is 0 Å². The van der Waals surface area contributed by atoms with E-state index in [0.29, 0.717) is 0 Å². The van der Waals surface area contributed by atoms with Crippen LogP contribution in [0.3, 0.4) is 0 Å². The highest BCUT2D eigenvalue weighted by molar-refractivity contribution is 8.34. The van der Waals surface area contributed by atoms with Crippen molar-refractivity contribution in [3.63, 3.8) is 0 Å². The Balaban J connectivity index is 1.12. The highest BCUT2D eigenvalue weighted by Crippen LogP contribution is 2.74. The van der Waals surface area contributed by atoms with E-state index in [1.807, 2.05) is 23.9 Å². The second-order valence-electron chi connectivity index (χ2n) is 17.2. The number of fused-ring (bicyclic) bond motifs is 14. The van der Waals surface area contributed by atoms with Crippen LogP contribution in [0.15, 0.2) is 275 Å². The van der Waals surface area contributed by atoms with Crippen LogP contribution < -0.4 is 25.6 Å². The maximum absolute atomic E-state index is 6.61. The molecule has 66 heavy (non-hydrogen) atoms. The molecule has 0 atom stereocenters. The highest BCUT2D eigenvalue weighted by atomic mass is 32.3. The first-order valence-electron chi connectivity index (χ1n) is 22.4. The highest BCUT2D eigenvalue weighted by Gasteiger charge is 2.56. The van der Waals surface area contributed by atoms with Crippen molar-refractivity contribution < 1.29 is 8.83 Å². The van der Waals surface area contributed by atoms with Crippen LogP contribution in [0.4, 0.5) is 17.1 Å². The first-order chi connectivity index (χ1) is 32.7. The van der Waals surface area contributed by atoms with Crippen LogP contribution >= 0.6 is 21.8 Å². The summed E-state index contributed by atoms with van der Waals surface area (Å²) in [5.41, 5.74) is 6.54. The lowest BCUT2D eigenvalue weighted by atomic mass is 10.1. The second-order valence-corrected chi connectivity index (χ2v) is 24.9. The van der Waals surface area contributed by atoms with Gasteiger partial charge in [-0.25, -0.2) is 0 Å². The van der Waals surface area contributed by atoms with Crippen molar-refractivity contribution in [1.82, 2.24) is 0 Å². The Morgan fingerprint density at radius 3 is 1.33 bits per heavy atom. The fourth-order valence-electron chi connectivity index (χ4n) is 11.1. The zero-order valence-corrected chi connectivity index (χ0v) is 38.2. The number of furan rings is 2. The molecule has 0 aliphatic carbocycles. The molecule has 10 aromatic carbocycles. The van der Waals surface area contributed by atoms with E-state index < -0.39 is 18.1 Å². The third-order valence-electron chi connectivity index (χ3n) is 13.8. The maximum atomic E-state index is 6.61. The zero-order valence-electron chi connectivity index (χ0n) is 35.6. The van der Waals surface area contributed by atoms with E-state index in [1.54, 1.807) is 0 Å². The van der Waals surface area contributed by atoms with Gasteiger partial charge in [-0.1, -0.05) is 145 Å². The minimum absolute atomic E-state index is 0.850. The molecule has 0 fully saturated rings. The first kappa shape index (κ1) is 37.8. The Hall–Kier alpha value is -7.48. The molecule has 0 radical (unpaired) electrons. The summed E-state index contributed by atoms with van der Waals surface area (Å²) >= 11 is 1.91. The van der Waals surface area contributed by atoms with Gasteiger partial charge in [0.1, 0.15) is 22.3 Å². The van der Waals surface area contributed by atoms with Gasteiger partial charge >= 0.3 is 0 Å². The fourth-order valence-corrected chi connectivity index (χ4v) is 24.0. The molecule has 0 unspecified atom stereocenters. The van der Waals surface area contributed by atoms with Gasteiger partial charge in [0.15, 0.2) is 8.07 Å². The van der Waals surface area contributed by atoms with Crippen LogP contribution in [0, 0.1) is 0 Å². The van der Waals surface area contributed by atoms with Crippen molar-refractivity contribution in [2.75, 3.05) is 4.90 Å². The molecule has 0 saturated heterocycles. The Morgan fingerprint density at radius 1 is 0.333 bits per heavy atom. The summed E-state index contributed by atoms with van der Waals surface area (Å²) in [4.78, 5) is 10.5. The summed E-state index contributed by atoms with van der Waals surface area (Å²) in [6.07, 6.45) is 0. The Morgan fingerprint density at radius 2 is 0.758 bits per heavy atom. The molecular formula is C60H39NO2S2Si. The average molecular weight is 898 g/mol. The minimum atomic E-state index is -2.98. The molecule has 2 aliphatic rings. The van der Waals surface area contributed by atoms with E-state index in [0.717, 1.165) is 60.9 Å². The summed E-state index contributed by atoms with van der Waals surface area (Å²) < 4.78 is 13.2. The van der Waals surface area contributed by atoms with E-state index in [1.165, 1.54) is 50.1 Å². The van der Waals surface area contributed by atoms with Crippen LogP contribution in [-0.4, -0.2) is 8.07 Å². The number of nitrogens with zero attached hydrogens (tertiary/aromatic N) is 1. The summed E-state index contributed by atoms with van der Waals surface area (Å²) in [6, 6.07) is 88.1. The van der Waals surface area contributed by atoms with Crippen molar-refractivity contribution in [2.45, 2.75) is 29.4 Å². The van der Waals surface area contributed by atoms with Gasteiger partial charge in [-0.05, 0) is 112 Å². The normalized spacial score (nSPS) is 14.7. The molecule has 1 spiro atoms. The van der Waals surface area contributed by atoms with Gasteiger partial charge in [0, 0.05) is 80.1 Å². The van der Waals surface area contributed by atoms with Crippen LogP contribution in [-0.2, 0) is 0 Å². The van der Waals surface area contributed by atoms with Gasteiger partial charge in [0.25, 0.3) is 0 Å². The van der Waals surface area contributed by atoms with Crippen molar-refractivity contribution >= 4 is 112 Å². The van der Waals surface area contributed by atoms with E-state index in [9.17, 15) is 0 Å². The molecular weight excluding hydrogens is 859 g/mol. The largest absolute Gasteiger partial charge is 0.456 e. The zero-order chi connectivity index (χ0) is 43.4. The van der Waals surface area contributed by atoms with Crippen LogP contribution in [0.5, 0.6) is 0 Å². The van der Waals surface area contributed by atoms with Gasteiger partial charge in [-0.3, -0.25) is 0 Å². The van der Waals surface area contributed by atoms with E-state index in [-0.39, 0.29) is 0 Å². The number of benzene rings is 10. The van der Waals surface area contributed by atoms with Crippen molar-refractivity contribution in [3.05, 3.63) is 237 Å². The first-order valence-corrected chi connectivity index (χ1v) is 26.8. The maximum Gasteiger partial charge on any atom is 0.184 e. The number of anilines is 3. The molecule has 2 aromatic heterocycles. The third kappa shape index (κ3) is 5.23.